The lowest BCUT2D eigenvalue weighted by atomic mass is 9.69. The normalized spacial score (nSPS) is 31.2. The lowest BCUT2D eigenvalue weighted by Crippen LogP contribution is -2.68. The maximum Gasteiger partial charge on any atom is 0.407 e. The van der Waals surface area contributed by atoms with E-state index in [9.17, 15) is 4.79 Å². The van der Waals surface area contributed by atoms with Crippen molar-refractivity contribution in [2.45, 2.75) is 110 Å². The third-order valence-electron chi connectivity index (χ3n) is 6.88. The fourth-order valence-electron chi connectivity index (χ4n) is 4.46. The smallest absolute Gasteiger partial charge is 0.407 e. The number of benzene rings is 1. The van der Waals surface area contributed by atoms with Gasteiger partial charge in [0.1, 0.15) is 12.2 Å². The van der Waals surface area contributed by atoms with Crippen LogP contribution >= 0.6 is 0 Å². The highest BCUT2D eigenvalue weighted by Gasteiger charge is 2.55. The Bertz CT molecular complexity index is 702. The molecule has 5 nitrogen and oxygen atoms in total. The maximum atomic E-state index is 12.5. The van der Waals surface area contributed by atoms with Crippen LogP contribution in [0.25, 0.3) is 0 Å². The molecule has 1 amide bonds. The monoisotopic (exact) mass is 418 g/mol. The average molecular weight is 419 g/mol. The van der Waals surface area contributed by atoms with Gasteiger partial charge < -0.3 is 10.1 Å². The third-order valence-corrected chi connectivity index (χ3v) is 6.88. The van der Waals surface area contributed by atoms with E-state index in [1.807, 2.05) is 39.0 Å². The molecule has 5 unspecified atom stereocenters. The molecule has 5 heteroatoms. The van der Waals surface area contributed by atoms with Gasteiger partial charge in [-0.2, -0.15) is 5.06 Å². The minimum absolute atomic E-state index is 0.0585. The van der Waals surface area contributed by atoms with Crippen molar-refractivity contribution in [1.29, 1.82) is 0 Å². The Kier molecular flexibility index (Phi) is 7.63. The van der Waals surface area contributed by atoms with Gasteiger partial charge in [-0.1, -0.05) is 51.1 Å². The topological polar surface area (TPSA) is 50.8 Å². The number of hydroxylamine groups is 2. The van der Waals surface area contributed by atoms with E-state index < -0.39 is 0 Å². The van der Waals surface area contributed by atoms with Crippen LogP contribution in [0.3, 0.4) is 0 Å². The summed E-state index contributed by atoms with van der Waals surface area (Å²) in [6, 6.07) is 10.3. The highest BCUT2D eigenvalue weighted by molar-refractivity contribution is 5.68. The molecule has 5 atom stereocenters. The molecule has 1 heterocycles. The Hall–Kier alpha value is -1.59. The van der Waals surface area contributed by atoms with Crippen LogP contribution in [0.1, 0.15) is 93.2 Å². The van der Waals surface area contributed by atoms with E-state index in [0.29, 0.717) is 0 Å². The highest BCUT2D eigenvalue weighted by Crippen LogP contribution is 2.48. The molecule has 1 aromatic rings. The average Bonchev–Trinajstić information content (AvgIpc) is 2.68. The molecule has 0 aromatic heterocycles. The second-order valence-corrected chi connectivity index (χ2v) is 10.3. The van der Waals surface area contributed by atoms with Gasteiger partial charge in [-0.15, -0.1) is 0 Å². The molecule has 1 N–H and O–H groups in total. The molecule has 1 fully saturated rings. The first-order valence-electron chi connectivity index (χ1n) is 11.4. The fraction of sp³-hybridized carbons (Fsp3) is 0.720. The number of amides is 1. The van der Waals surface area contributed by atoms with Gasteiger partial charge in [0, 0.05) is 29.0 Å². The van der Waals surface area contributed by atoms with Crippen molar-refractivity contribution in [1.82, 2.24) is 10.4 Å². The molecule has 30 heavy (non-hydrogen) atoms. The van der Waals surface area contributed by atoms with Gasteiger partial charge in [0.25, 0.3) is 0 Å². The van der Waals surface area contributed by atoms with Gasteiger partial charge in [-0.25, -0.2) is 4.79 Å². The van der Waals surface area contributed by atoms with E-state index >= 15 is 0 Å². The third kappa shape index (κ3) is 5.36. The van der Waals surface area contributed by atoms with Crippen molar-refractivity contribution in [3.05, 3.63) is 35.9 Å². The summed E-state index contributed by atoms with van der Waals surface area (Å²) in [7, 11) is 0. The standard InChI is InChI=1S/C25H42N2O3/c1-10-24(8)17-21(29-22(28)26-23(5,6)7)18(3)25(9,11-2)27(24)30-19(4)20-15-13-12-14-16-20/h12-16,18-19,21H,10-11,17H2,1-9H3,(H,26,28). The van der Waals surface area contributed by atoms with Gasteiger partial charge in [0.2, 0.25) is 0 Å². The minimum Gasteiger partial charge on any atom is -0.446 e. The number of rotatable bonds is 6. The van der Waals surface area contributed by atoms with Crippen LogP contribution in [0.5, 0.6) is 0 Å². The zero-order valence-corrected chi connectivity index (χ0v) is 20.4. The van der Waals surface area contributed by atoms with E-state index in [2.05, 4.69) is 64.1 Å². The molecule has 0 saturated carbocycles. The van der Waals surface area contributed by atoms with Crippen molar-refractivity contribution < 1.29 is 14.4 Å². The molecule has 1 saturated heterocycles. The summed E-state index contributed by atoms with van der Waals surface area (Å²) in [5.41, 5.74) is 0.327. The second-order valence-electron chi connectivity index (χ2n) is 10.3. The highest BCUT2D eigenvalue weighted by atomic mass is 16.7. The van der Waals surface area contributed by atoms with Gasteiger partial charge in [-0.3, -0.25) is 4.84 Å². The minimum atomic E-state index is -0.344. The van der Waals surface area contributed by atoms with Gasteiger partial charge in [-0.05, 0) is 59.9 Å². The largest absolute Gasteiger partial charge is 0.446 e. The van der Waals surface area contributed by atoms with Crippen LogP contribution < -0.4 is 5.32 Å². The summed E-state index contributed by atoms with van der Waals surface area (Å²) >= 11 is 0. The fourth-order valence-corrected chi connectivity index (χ4v) is 4.46. The number of carbonyl (C=O) groups is 1. The summed E-state index contributed by atoms with van der Waals surface area (Å²) in [6.07, 6.45) is 1.96. The molecule has 0 spiro atoms. The summed E-state index contributed by atoms with van der Waals surface area (Å²) in [5.74, 6) is 0.121. The van der Waals surface area contributed by atoms with E-state index in [-0.39, 0.29) is 40.8 Å². The van der Waals surface area contributed by atoms with Crippen LogP contribution in [0.15, 0.2) is 30.3 Å². The number of hydrogen-bond acceptors (Lipinski definition) is 4. The molecule has 2 rings (SSSR count). The number of nitrogens with zero attached hydrogens (tertiary/aromatic N) is 1. The van der Waals surface area contributed by atoms with Crippen LogP contribution in [0, 0.1) is 5.92 Å². The molecular weight excluding hydrogens is 376 g/mol. The molecule has 0 aliphatic carbocycles. The van der Waals surface area contributed by atoms with E-state index in [1.54, 1.807) is 0 Å². The predicted octanol–water partition coefficient (Wildman–Crippen LogP) is 6.25. The summed E-state index contributed by atoms with van der Waals surface area (Å²) in [6.45, 7) is 19.0. The van der Waals surface area contributed by atoms with Crippen molar-refractivity contribution in [2.75, 3.05) is 0 Å². The Labute approximate surface area is 183 Å². The SMILES string of the molecule is CCC1(C)CC(OC(=O)NC(C)(C)C)C(C)C(C)(CC)N1OC(C)c1ccccc1. The number of hydrogen-bond donors (Lipinski definition) is 1. The van der Waals surface area contributed by atoms with Crippen molar-refractivity contribution >= 4 is 6.09 Å². The first-order valence-corrected chi connectivity index (χ1v) is 11.4. The van der Waals surface area contributed by atoms with E-state index in [1.165, 1.54) is 0 Å². The predicted molar refractivity (Wildman–Crippen MR) is 122 cm³/mol. The molecule has 1 aliphatic rings. The maximum absolute atomic E-state index is 12.5. The van der Waals surface area contributed by atoms with Gasteiger partial charge in [0.15, 0.2) is 0 Å². The molecule has 0 radical (unpaired) electrons. The molecule has 0 bridgehead atoms. The molecular formula is C25H42N2O3. The van der Waals surface area contributed by atoms with Crippen LogP contribution in [-0.4, -0.2) is 33.9 Å². The quantitative estimate of drug-likeness (QED) is 0.593. The lowest BCUT2D eigenvalue weighted by Gasteiger charge is -2.59. The van der Waals surface area contributed by atoms with Crippen LogP contribution in [-0.2, 0) is 9.57 Å². The molecule has 1 aromatic carbocycles. The number of carbonyl (C=O) groups excluding carboxylic acids is 1. The lowest BCUT2D eigenvalue weighted by molar-refractivity contribution is -0.335. The summed E-state index contributed by atoms with van der Waals surface area (Å²) in [4.78, 5) is 19.2. The zero-order chi connectivity index (χ0) is 22.7. The van der Waals surface area contributed by atoms with Crippen molar-refractivity contribution in [3.8, 4) is 0 Å². The van der Waals surface area contributed by atoms with Crippen LogP contribution in [0.2, 0.25) is 0 Å². The Morgan fingerprint density at radius 3 is 2.30 bits per heavy atom. The van der Waals surface area contributed by atoms with Crippen molar-refractivity contribution in [3.63, 3.8) is 0 Å². The zero-order valence-electron chi connectivity index (χ0n) is 20.4. The Balaban J connectivity index is 2.30. The molecule has 1 aliphatic heterocycles. The first kappa shape index (κ1) is 24.7. The van der Waals surface area contributed by atoms with Crippen LogP contribution in [0.4, 0.5) is 4.79 Å². The number of alkyl carbamates (subject to hydrolysis) is 1. The number of ether oxygens (including phenoxy) is 1. The van der Waals surface area contributed by atoms with Gasteiger partial charge >= 0.3 is 6.09 Å². The summed E-state index contributed by atoms with van der Waals surface area (Å²) in [5, 5.41) is 5.16. The first-order chi connectivity index (χ1) is 13.9. The second kappa shape index (κ2) is 9.27. The summed E-state index contributed by atoms with van der Waals surface area (Å²) < 4.78 is 5.98. The molecule has 170 valence electrons. The number of piperidine rings is 1. The van der Waals surface area contributed by atoms with E-state index in [0.717, 1.165) is 24.8 Å². The van der Waals surface area contributed by atoms with E-state index in [4.69, 9.17) is 9.57 Å². The Morgan fingerprint density at radius 2 is 1.80 bits per heavy atom. The Morgan fingerprint density at radius 1 is 1.20 bits per heavy atom. The van der Waals surface area contributed by atoms with Gasteiger partial charge in [0.05, 0.1) is 0 Å². The number of nitrogens with one attached hydrogen (secondary N) is 1. The van der Waals surface area contributed by atoms with Crippen molar-refractivity contribution in [2.24, 2.45) is 5.92 Å².